The van der Waals surface area contributed by atoms with Crippen LogP contribution in [-0.2, 0) is 22.8 Å². The SMILES string of the molecule is CCC(N=C=O)C1(OC)CCC[Si](OC)(OC)O1. The molecule has 0 saturated carbocycles. The van der Waals surface area contributed by atoms with Gasteiger partial charge in [-0.25, -0.2) is 4.79 Å². The molecule has 0 aromatic rings. The van der Waals surface area contributed by atoms with Gasteiger partial charge in [-0.1, -0.05) is 6.92 Å². The summed E-state index contributed by atoms with van der Waals surface area (Å²) in [5, 5.41) is 0. The normalized spacial score (nSPS) is 28.4. The Morgan fingerprint density at radius 2 is 2.11 bits per heavy atom. The minimum Gasteiger partial charge on any atom is -0.377 e. The average molecular weight is 275 g/mol. The Balaban J connectivity index is 3.02. The average Bonchev–Trinajstić information content (AvgIpc) is 2.44. The predicted molar refractivity (Wildman–Crippen MR) is 66.8 cm³/mol. The smallest absolute Gasteiger partial charge is 0.377 e. The van der Waals surface area contributed by atoms with E-state index in [1.165, 1.54) is 0 Å². The fourth-order valence-corrected chi connectivity index (χ4v) is 4.67. The zero-order chi connectivity index (χ0) is 13.6. The van der Waals surface area contributed by atoms with E-state index >= 15 is 0 Å². The lowest BCUT2D eigenvalue weighted by atomic mass is 10.00. The Hall–Kier alpha value is -0.563. The fraction of sp³-hybridized carbons (Fsp3) is 0.909. The molecule has 0 N–H and O–H groups in total. The number of ether oxygens (including phenoxy) is 1. The first kappa shape index (κ1) is 15.5. The molecule has 18 heavy (non-hydrogen) atoms. The maximum absolute atomic E-state index is 10.5. The second-order valence-electron chi connectivity index (χ2n) is 4.21. The molecular formula is C11H21NO5Si. The molecule has 0 spiro atoms. The summed E-state index contributed by atoms with van der Waals surface area (Å²) >= 11 is 0. The number of hydrogen-bond donors (Lipinski definition) is 0. The first-order chi connectivity index (χ1) is 8.62. The van der Waals surface area contributed by atoms with E-state index in [9.17, 15) is 4.79 Å². The van der Waals surface area contributed by atoms with Gasteiger partial charge in [0.2, 0.25) is 6.08 Å². The van der Waals surface area contributed by atoms with E-state index in [0.29, 0.717) is 12.8 Å². The van der Waals surface area contributed by atoms with Crippen molar-refractivity contribution in [1.29, 1.82) is 0 Å². The topological polar surface area (TPSA) is 66.4 Å². The van der Waals surface area contributed by atoms with Crippen molar-refractivity contribution in [2.24, 2.45) is 4.99 Å². The highest BCUT2D eigenvalue weighted by Crippen LogP contribution is 2.39. The minimum atomic E-state index is -2.71. The first-order valence-corrected chi connectivity index (χ1v) is 7.97. The van der Waals surface area contributed by atoms with Gasteiger partial charge in [-0.05, 0) is 12.8 Å². The molecule has 7 heteroatoms. The Morgan fingerprint density at radius 3 is 2.56 bits per heavy atom. The van der Waals surface area contributed by atoms with Gasteiger partial charge in [-0.3, -0.25) is 0 Å². The molecule has 0 aromatic carbocycles. The number of isocyanates is 1. The molecule has 0 amide bonds. The van der Waals surface area contributed by atoms with Crippen LogP contribution >= 0.6 is 0 Å². The van der Waals surface area contributed by atoms with Gasteiger partial charge in [0.15, 0.2) is 5.79 Å². The number of carbonyl (C=O) groups excluding carboxylic acids is 1. The lowest BCUT2D eigenvalue weighted by Crippen LogP contribution is -2.60. The molecule has 1 heterocycles. The van der Waals surface area contributed by atoms with Gasteiger partial charge in [0.25, 0.3) is 0 Å². The van der Waals surface area contributed by atoms with Gasteiger partial charge in [-0.15, -0.1) is 0 Å². The molecule has 1 fully saturated rings. The van der Waals surface area contributed by atoms with Crippen molar-refractivity contribution in [3.8, 4) is 0 Å². The summed E-state index contributed by atoms with van der Waals surface area (Å²) in [5.74, 6) is -0.942. The number of rotatable bonds is 6. The van der Waals surface area contributed by atoms with E-state index in [4.69, 9.17) is 18.0 Å². The number of hydrogen-bond acceptors (Lipinski definition) is 6. The van der Waals surface area contributed by atoms with Crippen molar-refractivity contribution in [3.63, 3.8) is 0 Å². The van der Waals surface area contributed by atoms with Crippen molar-refractivity contribution >= 4 is 14.9 Å². The van der Waals surface area contributed by atoms with Crippen LogP contribution in [-0.4, -0.2) is 48.0 Å². The van der Waals surface area contributed by atoms with E-state index in [1.807, 2.05) is 6.92 Å². The summed E-state index contributed by atoms with van der Waals surface area (Å²) in [6, 6.07) is 0.351. The highest BCUT2D eigenvalue weighted by molar-refractivity contribution is 6.60. The molecule has 1 aliphatic heterocycles. The first-order valence-electron chi connectivity index (χ1n) is 6.04. The summed E-state index contributed by atoms with van der Waals surface area (Å²) < 4.78 is 22.4. The third-order valence-electron chi connectivity index (χ3n) is 3.41. The van der Waals surface area contributed by atoms with Crippen molar-refractivity contribution in [3.05, 3.63) is 0 Å². The van der Waals surface area contributed by atoms with Gasteiger partial charge in [0, 0.05) is 33.8 Å². The lowest BCUT2D eigenvalue weighted by molar-refractivity contribution is -0.219. The number of nitrogens with zero attached hydrogens (tertiary/aromatic N) is 1. The summed E-state index contributed by atoms with van der Waals surface area (Å²) in [6.45, 7) is 1.92. The molecule has 0 radical (unpaired) electrons. The highest BCUT2D eigenvalue weighted by Gasteiger charge is 2.54. The van der Waals surface area contributed by atoms with Crippen molar-refractivity contribution in [1.82, 2.24) is 0 Å². The molecule has 2 unspecified atom stereocenters. The van der Waals surface area contributed by atoms with E-state index in [0.717, 1.165) is 12.5 Å². The standard InChI is InChI=1S/C11H21NO5Si/c1-5-10(12-9-13)11(14-2)7-6-8-18(15-3,16-4)17-11/h10H,5-8H2,1-4H3. The Kier molecular flexibility index (Phi) is 5.65. The van der Waals surface area contributed by atoms with Crippen LogP contribution in [0.25, 0.3) is 0 Å². The summed E-state index contributed by atoms with van der Waals surface area (Å²) in [6.07, 6.45) is 3.73. The van der Waals surface area contributed by atoms with Crippen LogP contribution in [0.2, 0.25) is 6.04 Å². The molecular weight excluding hydrogens is 254 g/mol. The molecule has 0 aromatic heterocycles. The van der Waals surface area contributed by atoms with Gasteiger partial charge in [0.1, 0.15) is 6.04 Å². The van der Waals surface area contributed by atoms with Crippen LogP contribution in [0.15, 0.2) is 4.99 Å². The van der Waals surface area contributed by atoms with Crippen LogP contribution < -0.4 is 0 Å². The zero-order valence-electron chi connectivity index (χ0n) is 11.4. The molecule has 0 bridgehead atoms. The third-order valence-corrected chi connectivity index (χ3v) is 6.27. The Labute approximate surface area is 109 Å². The van der Waals surface area contributed by atoms with Crippen LogP contribution in [0.5, 0.6) is 0 Å². The highest BCUT2D eigenvalue weighted by atomic mass is 28.4. The molecule has 1 rings (SSSR count). The molecule has 1 saturated heterocycles. The molecule has 0 aliphatic carbocycles. The quantitative estimate of drug-likeness (QED) is 0.417. The van der Waals surface area contributed by atoms with Gasteiger partial charge >= 0.3 is 8.80 Å². The van der Waals surface area contributed by atoms with E-state index in [2.05, 4.69) is 4.99 Å². The Morgan fingerprint density at radius 1 is 1.44 bits per heavy atom. The zero-order valence-corrected chi connectivity index (χ0v) is 12.4. The van der Waals surface area contributed by atoms with Crippen LogP contribution in [0.1, 0.15) is 26.2 Å². The summed E-state index contributed by atoms with van der Waals surface area (Å²) in [7, 11) is 1.99. The monoisotopic (exact) mass is 275 g/mol. The van der Waals surface area contributed by atoms with Crippen molar-refractivity contribution in [2.75, 3.05) is 21.3 Å². The maximum atomic E-state index is 10.5. The van der Waals surface area contributed by atoms with Crippen molar-refractivity contribution in [2.45, 2.75) is 44.1 Å². The van der Waals surface area contributed by atoms with Crippen LogP contribution in [0.3, 0.4) is 0 Å². The minimum absolute atomic E-state index is 0.391. The molecule has 1 aliphatic rings. The van der Waals surface area contributed by atoms with E-state index in [1.54, 1.807) is 27.4 Å². The summed E-state index contributed by atoms with van der Waals surface area (Å²) in [4.78, 5) is 14.3. The molecule has 6 nitrogen and oxygen atoms in total. The van der Waals surface area contributed by atoms with Gasteiger partial charge in [-0.2, -0.15) is 4.99 Å². The van der Waals surface area contributed by atoms with E-state index < -0.39 is 20.6 Å². The third kappa shape index (κ3) is 2.88. The maximum Gasteiger partial charge on any atom is 0.502 e. The lowest BCUT2D eigenvalue weighted by Gasteiger charge is -2.45. The van der Waals surface area contributed by atoms with Crippen molar-refractivity contribution < 1.29 is 22.8 Å². The van der Waals surface area contributed by atoms with E-state index in [-0.39, 0.29) is 0 Å². The van der Waals surface area contributed by atoms with Gasteiger partial charge in [0.05, 0.1) is 0 Å². The number of methoxy groups -OCH3 is 1. The summed E-state index contributed by atoms with van der Waals surface area (Å²) in [5.41, 5.74) is 0. The largest absolute Gasteiger partial charge is 0.502 e. The molecule has 2 atom stereocenters. The van der Waals surface area contributed by atoms with Crippen LogP contribution in [0, 0.1) is 0 Å². The number of aliphatic imine (C=N–C) groups is 1. The Bertz CT molecular complexity index is 317. The van der Waals surface area contributed by atoms with Crippen LogP contribution in [0.4, 0.5) is 0 Å². The second-order valence-corrected chi connectivity index (χ2v) is 7.09. The second kappa shape index (κ2) is 6.56. The molecule has 104 valence electrons. The predicted octanol–water partition coefficient (Wildman–Crippen LogP) is 1.49. The van der Waals surface area contributed by atoms with Gasteiger partial charge < -0.3 is 18.0 Å². The fourth-order valence-electron chi connectivity index (χ4n) is 2.37.